The Morgan fingerprint density at radius 3 is 3.21 bits per heavy atom. The highest BCUT2D eigenvalue weighted by Gasteiger charge is 2.23. The molecule has 1 unspecified atom stereocenters. The molecule has 0 saturated heterocycles. The van der Waals surface area contributed by atoms with Crippen molar-refractivity contribution in [2.24, 2.45) is 0 Å². The molecule has 2 aromatic heterocycles. The number of thiophene rings is 1. The lowest BCUT2D eigenvalue weighted by Crippen LogP contribution is -2.24. The van der Waals surface area contributed by atoms with Crippen molar-refractivity contribution in [1.82, 2.24) is 10.3 Å². The van der Waals surface area contributed by atoms with Crippen LogP contribution in [0.25, 0.3) is 0 Å². The van der Waals surface area contributed by atoms with Gasteiger partial charge < -0.3 is 5.32 Å². The first-order valence-corrected chi connectivity index (χ1v) is 8.80. The first kappa shape index (κ1) is 13.3. The number of aromatic nitrogens is 1. The average molecular weight is 292 g/mol. The molecule has 3 rings (SSSR count). The van der Waals surface area contributed by atoms with E-state index in [1.54, 1.807) is 0 Å². The van der Waals surface area contributed by atoms with Crippen molar-refractivity contribution in [2.75, 3.05) is 6.54 Å². The van der Waals surface area contributed by atoms with Gasteiger partial charge in [0.2, 0.25) is 0 Å². The monoisotopic (exact) mass is 292 g/mol. The van der Waals surface area contributed by atoms with Crippen LogP contribution in [0, 0.1) is 0 Å². The minimum absolute atomic E-state index is 0.554. The van der Waals surface area contributed by atoms with E-state index in [0.717, 1.165) is 13.0 Å². The number of hydrogen-bond acceptors (Lipinski definition) is 4. The van der Waals surface area contributed by atoms with Crippen LogP contribution in [0.2, 0.25) is 0 Å². The summed E-state index contributed by atoms with van der Waals surface area (Å²) in [6, 6.07) is 4.88. The zero-order valence-corrected chi connectivity index (χ0v) is 12.9. The first-order chi connectivity index (χ1) is 9.36. The van der Waals surface area contributed by atoms with Crippen LogP contribution in [0.3, 0.4) is 0 Å². The molecular weight excluding hydrogens is 272 g/mol. The van der Waals surface area contributed by atoms with Crippen molar-refractivity contribution in [3.63, 3.8) is 0 Å². The Balaban J connectivity index is 1.77. The van der Waals surface area contributed by atoms with E-state index in [1.165, 1.54) is 46.1 Å². The second kappa shape index (κ2) is 6.16. The highest BCUT2D eigenvalue weighted by Crippen LogP contribution is 2.35. The van der Waals surface area contributed by atoms with Crippen LogP contribution in [-0.4, -0.2) is 11.5 Å². The van der Waals surface area contributed by atoms with Crippen LogP contribution in [0.5, 0.6) is 0 Å². The number of nitrogens with zero attached hydrogens (tertiary/aromatic N) is 1. The molecule has 2 aromatic rings. The van der Waals surface area contributed by atoms with E-state index < -0.39 is 0 Å². The van der Waals surface area contributed by atoms with E-state index in [2.05, 4.69) is 29.8 Å². The van der Waals surface area contributed by atoms with E-state index in [0.29, 0.717) is 6.04 Å². The number of fused-ring (bicyclic) bond motifs is 1. The van der Waals surface area contributed by atoms with E-state index in [4.69, 9.17) is 4.98 Å². The topological polar surface area (TPSA) is 24.9 Å². The average Bonchev–Trinajstić information content (AvgIpc) is 3.05. The van der Waals surface area contributed by atoms with Gasteiger partial charge in [0.25, 0.3) is 0 Å². The fourth-order valence-corrected chi connectivity index (χ4v) is 4.67. The predicted octanol–water partition coefficient (Wildman–Crippen LogP) is 4.17. The summed E-state index contributed by atoms with van der Waals surface area (Å²) in [6.07, 6.45) is 5.92. The minimum atomic E-state index is 0.554. The van der Waals surface area contributed by atoms with Crippen molar-refractivity contribution in [1.29, 1.82) is 0 Å². The Hall–Kier alpha value is -0.710. The summed E-state index contributed by atoms with van der Waals surface area (Å²) >= 11 is 3.75. The first-order valence-electron chi connectivity index (χ1n) is 7.11. The molecule has 0 spiro atoms. The van der Waals surface area contributed by atoms with Crippen LogP contribution < -0.4 is 5.32 Å². The summed E-state index contributed by atoms with van der Waals surface area (Å²) < 4.78 is 0. The SMILES string of the molecule is CCCNC1CCCc2nc(Cc3cccs3)sc21. The van der Waals surface area contributed by atoms with Crippen molar-refractivity contribution in [3.05, 3.63) is 38.0 Å². The van der Waals surface area contributed by atoms with Gasteiger partial charge in [-0.2, -0.15) is 0 Å². The third-order valence-electron chi connectivity index (χ3n) is 3.54. The zero-order valence-electron chi connectivity index (χ0n) is 11.3. The van der Waals surface area contributed by atoms with Crippen molar-refractivity contribution in [3.8, 4) is 0 Å². The minimum Gasteiger partial charge on any atom is -0.309 e. The Bertz CT molecular complexity index is 516. The molecule has 1 N–H and O–H groups in total. The molecule has 102 valence electrons. The van der Waals surface area contributed by atoms with E-state index in [-0.39, 0.29) is 0 Å². The zero-order chi connectivity index (χ0) is 13.1. The van der Waals surface area contributed by atoms with Gasteiger partial charge in [-0.1, -0.05) is 13.0 Å². The lowest BCUT2D eigenvalue weighted by atomic mass is 9.98. The number of nitrogens with one attached hydrogen (secondary N) is 1. The smallest absolute Gasteiger partial charge is 0.0983 e. The summed E-state index contributed by atoms with van der Waals surface area (Å²) in [5, 5.41) is 7.11. The molecular formula is C15H20N2S2. The molecule has 1 aliphatic rings. The van der Waals surface area contributed by atoms with Gasteiger partial charge in [0, 0.05) is 22.2 Å². The van der Waals surface area contributed by atoms with Crippen LogP contribution >= 0.6 is 22.7 Å². The van der Waals surface area contributed by atoms with Crippen LogP contribution in [0.1, 0.15) is 52.7 Å². The maximum absolute atomic E-state index is 4.87. The van der Waals surface area contributed by atoms with Crippen molar-refractivity contribution in [2.45, 2.75) is 45.1 Å². The normalized spacial score (nSPS) is 18.5. The molecule has 4 heteroatoms. The standard InChI is InChI=1S/C15H20N2S2/c1-2-8-16-12-6-3-7-13-15(12)19-14(17-13)10-11-5-4-9-18-11/h4-5,9,12,16H,2-3,6-8,10H2,1H3. The molecule has 2 heterocycles. The van der Waals surface area contributed by atoms with Gasteiger partial charge in [0.05, 0.1) is 10.7 Å². The third-order valence-corrected chi connectivity index (χ3v) is 5.63. The molecule has 0 aliphatic heterocycles. The van der Waals surface area contributed by atoms with Crippen molar-refractivity contribution < 1.29 is 0 Å². The van der Waals surface area contributed by atoms with Crippen LogP contribution in [-0.2, 0) is 12.8 Å². The molecule has 0 aromatic carbocycles. The maximum atomic E-state index is 4.87. The Labute approximate surface area is 122 Å². The van der Waals surface area contributed by atoms with Gasteiger partial charge >= 0.3 is 0 Å². The highest BCUT2D eigenvalue weighted by molar-refractivity contribution is 7.12. The second-order valence-electron chi connectivity index (χ2n) is 5.07. The molecule has 0 fully saturated rings. The van der Waals surface area contributed by atoms with Gasteiger partial charge in [-0.15, -0.1) is 22.7 Å². The molecule has 1 atom stereocenters. The lowest BCUT2D eigenvalue weighted by Gasteiger charge is -2.22. The quantitative estimate of drug-likeness (QED) is 0.894. The van der Waals surface area contributed by atoms with Gasteiger partial charge in [0.1, 0.15) is 0 Å². The summed E-state index contributed by atoms with van der Waals surface area (Å²) in [5.41, 5.74) is 1.36. The summed E-state index contributed by atoms with van der Waals surface area (Å²) in [7, 11) is 0. The summed E-state index contributed by atoms with van der Waals surface area (Å²) in [4.78, 5) is 7.80. The fourth-order valence-electron chi connectivity index (χ4n) is 2.62. The van der Waals surface area contributed by atoms with E-state index >= 15 is 0 Å². The van der Waals surface area contributed by atoms with Gasteiger partial charge in [-0.05, 0) is 43.7 Å². The van der Waals surface area contributed by atoms with E-state index in [1.807, 2.05) is 22.7 Å². The predicted molar refractivity (Wildman–Crippen MR) is 83.2 cm³/mol. The van der Waals surface area contributed by atoms with Gasteiger partial charge in [-0.25, -0.2) is 4.98 Å². The summed E-state index contributed by atoms with van der Waals surface area (Å²) in [5.74, 6) is 0. The third kappa shape index (κ3) is 3.07. The summed E-state index contributed by atoms with van der Waals surface area (Å²) in [6.45, 7) is 3.34. The number of thiazole rings is 1. The van der Waals surface area contributed by atoms with Crippen LogP contribution in [0.4, 0.5) is 0 Å². The van der Waals surface area contributed by atoms with Crippen molar-refractivity contribution >= 4 is 22.7 Å². The van der Waals surface area contributed by atoms with E-state index in [9.17, 15) is 0 Å². The molecule has 0 radical (unpaired) electrons. The molecule has 0 bridgehead atoms. The van der Waals surface area contributed by atoms with Gasteiger partial charge in [-0.3, -0.25) is 0 Å². The lowest BCUT2D eigenvalue weighted by molar-refractivity contribution is 0.464. The Kier molecular flexibility index (Phi) is 4.31. The van der Waals surface area contributed by atoms with Crippen LogP contribution in [0.15, 0.2) is 17.5 Å². The van der Waals surface area contributed by atoms with Gasteiger partial charge in [0.15, 0.2) is 0 Å². The molecule has 2 nitrogen and oxygen atoms in total. The molecule has 0 saturated carbocycles. The second-order valence-corrected chi connectivity index (χ2v) is 7.22. The number of rotatable bonds is 5. The number of hydrogen-bond donors (Lipinski definition) is 1. The fraction of sp³-hybridized carbons (Fsp3) is 0.533. The maximum Gasteiger partial charge on any atom is 0.0983 e. The Morgan fingerprint density at radius 2 is 2.42 bits per heavy atom. The molecule has 19 heavy (non-hydrogen) atoms. The largest absolute Gasteiger partial charge is 0.309 e. The highest BCUT2D eigenvalue weighted by atomic mass is 32.1. The molecule has 0 amide bonds. The molecule has 1 aliphatic carbocycles. The Morgan fingerprint density at radius 1 is 1.47 bits per heavy atom. The number of aryl methyl sites for hydroxylation is 1.